The molecule has 0 fully saturated rings. The largest absolute Gasteiger partial charge is 0.491 e. The van der Waals surface area contributed by atoms with Gasteiger partial charge in [-0.15, -0.1) is 0 Å². The molecule has 0 bridgehead atoms. The summed E-state index contributed by atoms with van der Waals surface area (Å²) in [5.41, 5.74) is 1.55. The van der Waals surface area contributed by atoms with E-state index in [2.05, 4.69) is 33.5 Å². The third-order valence-electron chi connectivity index (χ3n) is 4.41. The number of hydrogen-bond donors (Lipinski definition) is 2. The molecule has 27 heavy (non-hydrogen) atoms. The quantitative estimate of drug-likeness (QED) is 0.551. The minimum absolute atomic E-state index is 0.0727. The maximum Gasteiger partial charge on any atom is 0.260 e. The van der Waals surface area contributed by atoms with Crippen LogP contribution in [0.15, 0.2) is 65.5 Å². The van der Waals surface area contributed by atoms with Crippen LogP contribution in [-0.4, -0.2) is 16.1 Å². The molecule has 0 spiro atoms. The summed E-state index contributed by atoms with van der Waals surface area (Å²) in [4.78, 5) is 19.6. The number of H-pyrrole nitrogens is 1. The van der Waals surface area contributed by atoms with E-state index in [4.69, 9.17) is 4.74 Å². The molecule has 0 radical (unpaired) electrons. The lowest BCUT2D eigenvalue weighted by Crippen LogP contribution is -2.14. The fourth-order valence-electron chi connectivity index (χ4n) is 3.20. The van der Waals surface area contributed by atoms with E-state index in [0.29, 0.717) is 23.4 Å². The van der Waals surface area contributed by atoms with E-state index in [9.17, 15) is 4.79 Å². The summed E-state index contributed by atoms with van der Waals surface area (Å²) in [6.07, 6.45) is 0.0727. The molecule has 4 aromatic rings. The van der Waals surface area contributed by atoms with Gasteiger partial charge in [-0.05, 0) is 42.8 Å². The van der Waals surface area contributed by atoms with Crippen LogP contribution >= 0.6 is 0 Å². The molecule has 1 heterocycles. The molecule has 0 saturated heterocycles. The van der Waals surface area contributed by atoms with Gasteiger partial charge in [0.15, 0.2) is 0 Å². The molecule has 5 nitrogen and oxygen atoms in total. The minimum atomic E-state index is -0.153. The average Bonchev–Trinajstić information content (AvgIpc) is 2.66. The Hall–Kier alpha value is -3.34. The van der Waals surface area contributed by atoms with Gasteiger partial charge in [-0.2, -0.15) is 0 Å². The van der Waals surface area contributed by atoms with Gasteiger partial charge < -0.3 is 10.1 Å². The van der Waals surface area contributed by atoms with E-state index in [-0.39, 0.29) is 11.7 Å². The Morgan fingerprint density at radius 2 is 1.74 bits per heavy atom. The summed E-state index contributed by atoms with van der Waals surface area (Å²) in [7, 11) is 0. The van der Waals surface area contributed by atoms with Crippen LogP contribution in [0.1, 0.15) is 19.4 Å². The summed E-state index contributed by atoms with van der Waals surface area (Å²) in [5, 5.41) is 6.09. The molecule has 0 amide bonds. The Balaban J connectivity index is 1.72. The van der Waals surface area contributed by atoms with Crippen molar-refractivity contribution in [2.45, 2.75) is 26.5 Å². The third kappa shape index (κ3) is 3.49. The standard InChI is InChI=1S/C22H21N3O2/c1-14(2)27-20-12-11-15-7-3-4-8-16(15)18(20)13-23-22-24-19-10-6-5-9-17(19)21(26)25-22/h3-12,14H,13H2,1-2H3,(H2,23,24,25,26). The molecule has 0 aliphatic rings. The fourth-order valence-corrected chi connectivity index (χ4v) is 3.20. The van der Waals surface area contributed by atoms with Crippen LogP contribution in [0.3, 0.4) is 0 Å². The molecular formula is C22H21N3O2. The molecule has 0 atom stereocenters. The lowest BCUT2D eigenvalue weighted by atomic mass is 10.0. The first-order chi connectivity index (χ1) is 13.1. The van der Waals surface area contributed by atoms with Gasteiger partial charge in [0.05, 0.1) is 17.0 Å². The number of anilines is 1. The molecular weight excluding hydrogens is 338 g/mol. The van der Waals surface area contributed by atoms with Crippen LogP contribution in [0.4, 0.5) is 5.95 Å². The summed E-state index contributed by atoms with van der Waals surface area (Å²) in [6, 6.07) is 19.6. The molecule has 2 N–H and O–H groups in total. The topological polar surface area (TPSA) is 67.0 Å². The number of nitrogens with zero attached hydrogens (tertiary/aromatic N) is 1. The van der Waals surface area contributed by atoms with E-state index in [1.165, 1.54) is 0 Å². The lowest BCUT2D eigenvalue weighted by molar-refractivity contribution is 0.240. The van der Waals surface area contributed by atoms with E-state index in [1.807, 2.05) is 50.2 Å². The van der Waals surface area contributed by atoms with Crippen molar-refractivity contribution < 1.29 is 4.74 Å². The van der Waals surface area contributed by atoms with Crippen LogP contribution in [0, 0.1) is 0 Å². The maximum atomic E-state index is 12.3. The van der Waals surface area contributed by atoms with Gasteiger partial charge in [0.25, 0.3) is 5.56 Å². The predicted molar refractivity (Wildman–Crippen MR) is 109 cm³/mol. The first-order valence-electron chi connectivity index (χ1n) is 9.02. The molecule has 1 aromatic heterocycles. The van der Waals surface area contributed by atoms with Gasteiger partial charge in [-0.1, -0.05) is 42.5 Å². The molecule has 0 aliphatic heterocycles. The van der Waals surface area contributed by atoms with Gasteiger partial charge in [-0.25, -0.2) is 4.98 Å². The second kappa shape index (κ2) is 7.11. The molecule has 5 heteroatoms. The lowest BCUT2D eigenvalue weighted by Gasteiger charge is -2.17. The van der Waals surface area contributed by atoms with Crippen molar-refractivity contribution in [3.63, 3.8) is 0 Å². The van der Waals surface area contributed by atoms with Crippen molar-refractivity contribution in [3.05, 3.63) is 76.6 Å². The highest BCUT2D eigenvalue weighted by Crippen LogP contribution is 2.29. The Bertz CT molecular complexity index is 1160. The van der Waals surface area contributed by atoms with Gasteiger partial charge >= 0.3 is 0 Å². The fraction of sp³-hybridized carbons (Fsp3) is 0.182. The second-order valence-corrected chi connectivity index (χ2v) is 6.72. The maximum absolute atomic E-state index is 12.3. The number of para-hydroxylation sites is 1. The Morgan fingerprint density at radius 1 is 1.00 bits per heavy atom. The zero-order chi connectivity index (χ0) is 18.8. The first-order valence-corrected chi connectivity index (χ1v) is 9.02. The smallest absolute Gasteiger partial charge is 0.260 e. The predicted octanol–water partition coefficient (Wildman–Crippen LogP) is 4.48. The Morgan fingerprint density at radius 3 is 2.56 bits per heavy atom. The second-order valence-electron chi connectivity index (χ2n) is 6.72. The number of aromatic amines is 1. The van der Waals surface area contributed by atoms with E-state index >= 15 is 0 Å². The summed E-state index contributed by atoms with van der Waals surface area (Å²) in [6.45, 7) is 4.51. The first kappa shape index (κ1) is 17.1. The number of rotatable bonds is 5. The monoisotopic (exact) mass is 359 g/mol. The van der Waals surface area contributed by atoms with E-state index in [1.54, 1.807) is 6.07 Å². The van der Waals surface area contributed by atoms with Crippen LogP contribution in [0.5, 0.6) is 5.75 Å². The van der Waals surface area contributed by atoms with Gasteiger partial charge in [0, 0.05) is 12.1 Å². The van der Waals surface area contributed by atoms with Gasteiger partial charge in [-0.3, -0.25) is 9.78 Å². The normalized spacial score (nSPS) is 11.2. The van der Waals surface area contributed by atoms with Gasteiger partial charge in [0.1, 0.15) is 5.75 Å². The van der Waals surface area contributed by atoms with Crippen LogP contribution in [0.2, 0.25) is 0 Å². The highest BCUT2D eigenvalue weighted by Gasteiger charge is 2.11. The zero-order valence-corrected chi connectivity index (χ0v) is 15.3. The Kier molecular flexibility index (Phi) is 4.50. The number of fused-ring (bicyclic) bond motifs is 2. The Labute approximate surface area is 157 Å². The number of aromatic nitrogens is 2. The molecule has 0 aliphatic carbocycles. The van der Waals surface area contributed by atoms with Crippen LogP contribution < -0.4 is 15.6 Å². The number of hydrogen-bond acceptors (Lipinski definition) is 4. The van der Waals surface area contributed by atoms with Gasteiger partial charge in [0.2, 0.25) is 5.95 Å². The SMILES string of the molecule is CC(C)Oc1ccc2ccccc2c1CNc1nc2ccccc2c(=O)[nH]1. The number of nitrogens with one attached hydrogen (secondary N) is 2. The molecule has 3 aromatic carbocycles. The van der Waals surface area contributed by atoms with Crippen molar-refractivity contribution in [1.29, 1.82) is 0 Å². The van der Waals surface area contributed by atoms with E-state index in [0.717, 1.165) is 22.1 Å². The molecule has 136 valence electrons. The highest BCUT2D eigenvalue weighted by atomic mass is 16.5. The van der Waals surface area contributed by atoms with Crippen molar-refractivity contribution in [3.8, 4) is 5.75 Å². The average molecular weight is 359 g/mol. The summed E-state index contributed by atoms with van der Waals surface area (Å²) < 4.78 is 6.00. The van der Waals surface area contributed by atoms with Crippen LogP contribution in [0.25, 0.3) is 21.7 Å². The molecule has 0 unspecified atom stereocenters. The third-order valence-corrected chi connectivity index (χ3v) is 4.41. The summed E-state index contributed by atoms with van der Waals surface area (Å²) >= 11 is 0. The highest BCUT2D eigenvalue weighted by molar-refractivity contribution is 5.88. The van der Waals surface area contributed by atoms with Crippen molar-refractivity contribution in [1.82, 2.24) is 9.97 Å². The minimum Gasteiger partial charge on any atom is -0.491 e. The molecule has 0 saturated carbocycles. The van der Waals surface area contributed by atoms with E-state index < -0.39 is 0 Å². The summed E-state index contributed by atoms with van der Waals surface area (Å²) in [5.74, 6) is 1.28. The zero-order valence-electron chi connectivity index (χ0n) is 15.3. The number of ether oxygens (including phenoxy) is 1. The van der Waals surface area contributed by atoms with Crippen molar-refractivity contribution in [2.75, 3.05) is 5.32 Å². The number of benzene rings is 3. The van der Waals surface area contributed by atoms with Crippen molar-refractivity contribution in [2.24, 2.45) is 0 Å². The molecule has 4 rings (SSSR count). The van der Waals surface area contributed by atoms with Crippen molar-refractivity contribution >= 4 is 27.6 Å². The van der Waals surface area contributed by atoms with Crippen LogP contribution in [-0.2, 0) is 6.54 Å².